The quantitative estimate of drug-likeness (QED) is 0.561. The van der Waals surface area contributed by atoms with Crippen molar-refractivity contribution in [3.63, 3.8) is 0 Å². The van der Waals surface area contributed by atoms with Crippen LogP contribution in [0.2, 0.25) is 0 Å². The Labute approximate surface area is 102 Å². The second-order valence-electron chi connectivity index (χ2n) is 4.17. The third-order valence-electron chi connectivity index (χ3n) is 2.97. The van der Waals surface area contributed by atoms with E-state index in [1.165, 1.54) is 35.3 Å². The lowest BCUT2D eigenvalue weighted by Crippen LogP contribution is -1.95. The fraction of sp³-hybridized carbons (Fsp3) is 0.429. The van der Waals surface area contributed by atoms with Gasteiger partial charge in [0.2, 0.25) is 10.5 Å². The average molecular weight is 234 g/mol. The Bertz CT molecular complexity index is 369. The van der Waals surface area contributed by atoms with Gasteiger partial charge < -0.3 is 4.43 Å². The van der Waals surface area contributed by atoms with Crippen molar-refractivity contribution in [3.05, 3.63) is 41.2 Å². The summed E-state index contributed by atoms with van der Waals surface area (Å²) < 4.78 is 5.64. The molecule has 1 aromatic rings. The number of aryl methyl sites for hydroxylation is 1. The van der Waals surface area contributed by atoms with Crippen LogP contribution in [0.1, 0.15) is 44.2 Å². The Morgan fingerprint density at radius 3 is 2.56 bits per heavy atom. The summed E-state index contributed by atoms with van der Waals surface area (Å²) in [7, 11) is 0.778. The summed E-state index contributed by atoms with van der Waals surface area (Å²) in [6.07, 6.45) is 3.50. The van der Waals surface area contributed by atoms with E-state index in [1.807, 2.05) is 0 Å². The smallest absolute Gasteiger partial charge is 0.203 e. The number of benzene rings is 1. The van der Waals surface area contributed by atoms with Gasteiger partial charge in [-0.15, -0.1) is 0 Å². The van der Waals surface area contributed by atoms with Crippen molar-refractivity contribution < 1.29 is 4.43 Å². The fourth-order valence-corrected chi connectivity index (χ4v) is 2.43. The molecule has 1 nitrogen and oxygen atoms in total. The van der Waals surface area contributed by atoms with Crippen molar-refractivity contribution in [1.82, 2.24) is 0 Å². The maximum atomic E-state index is 5.64. The van der Waals surface area contributed by atoms with Crippen LogP contribution in [0.25, 0.3) is 5.57 Å². The largest absolute Gasteiger partial charge is 0.556 e. The van der Waals surface area contributed by atoms with E-state index in [1.54, 1.807) is 0 Å². The summed E-state index contributed by atoms with van der Waals surface area (Å²) in [6.45, 7) is 6.54. The van der Waals surface area contributed by atoms with Crippen LogP contribution in [0.15, 0.2) is 30.0 Å². The summed E-state index contributed by atoms with van der Waals surface area (Å²) >= 11 is 0. The van der Waals surface area contributed by atoms with Crippen LogP contribution in [-0.4, -0.2) is 10.5 Å². The molecule has 0 unspecified atom stereocenters. The minimum atomic E-state index is 0.778. The topological polar surface area (TPSA) is 9.23 Å². The molecule has 0 radical (unpaired) electrons. The van der Waals surface area contributed by atoms with Gasteiger partial charge in [0.1, 0.15) is 0 Å². The zero-order chi connectivity index (χ0) is 12.0. The molecule has 0 heterocycles. The zero-order valence-corrected chi connectivity index (χ0v) is 12.8. The molecule has 0 atom stereocenters. The fourth-order valence-electron chi connectivity index (χ4n) is 1.92. The van der Waals surface area contributed by atoms with E-state index in [-0.39, 0.29) is 0 Å². The Morgan fingerprint density at radius 1 is 1.31 bits per heavy atom. The minimum Gasteiger partial charge on any atom is -0.556 e. The molecule has 16 heavy (non-hydrogen) atoms. The van der Waals surface area contributed by atoms with Crippen LogP contribution in [0.5, 0.6) is 0 Å². The summed E-state index contributed by atoms with van der Waals surface area (Å²) in [5.41, 5.74) is 3.96. The van der Waals surface area contributed by atoms with Gasteiger partial charge in [0, 0.05) is 6.42 Å². The molecule has 1 aromatic carbocycles. The molecule has 0 spiro atoms. The summed E-state index contributed by atoms with van der Waals surface area (Å²) in [5, 5.41) is 0. The number of unbranched alkanes of at least 4 members (excludes halogenated alkanes) is 1. The first kappa shape index (κ1) is 13.0. The molecular formula is C14H22OSi. The van der Waals surface area contributed by atoms with E-state index < -0.39 is 0 Å². The molecule has 0 aliphatic carbocycles. The normalized spacial score (nSPS) is 12.4. The maximum Gasteiger partial charge on any atom is 0.203 e. The van der Waals surface area contributed by atoms with Crippen molar-refractivity contribution in [2.24, 2.45) is 0 Å². The maximum absolute atomic E-state index is 5.64. The molecule has 2 heteroatoms. The van der Waals surface area contributed by atoms with Crippen LogP contribution in [0, 0.1) is 6.92 Å². The number of rotatable bonds is 5. The Morgan fingerprint density at radius 2 is 2.00 bits per heavy atom. The molecule has 0 aliphatic rings. The van der Waals surface area contributed by atoms with Gasteiger partial charge in [0.15, 0.2) is 0 Å². The zero-order valence-electron chi connectivity index (χ0n) is 10.8. The molecule has 0 saturated heterocycles. The second-order valence-corrected chi connectivity index (χ2v) is 4.58. The third kappa shape index (κ3) is 3.24. The molecule has 0 aliphatic heterocycles. The van der Waals surface area contributed by atoms with Gasteiger partial charge in [0.25, 0.3) is 0 Å². The van der Waals surface area contributed by atoms with Gasteiger partial charge in [-0.1, -0.05) is 37.6 Å². The van der Waals surface area contributed by atoms with Gasteiger partial charge in [-0.05, 0) is 37.0 Å². The third-order valence-corrected chi connectivity index (χ3v) is 3.46. The van der Waals surface area contributed by atoms with Gasteiger partial charge in [-0.2, -0.15) is 0 Å². The first-order chi connectivity index (χ1) is 7.70. The van der Waals surface area contributed by atoms with Crippen LogP contribution < -0.4 is 0 Å². The molecular weight excluding hydrogens is 212 g/mol. The highest BCUT2D eigenvalue weighted by atomic mass is 28.2. The number of hydrogen-bond acceptors (Lipinski definition) is 1. The van der Waals surface area contributed by atoms with Crippen LogP contribution in [-0.2, 0) is 4.43 Å². The van der Waals surface area contributed by atoms with E-state index in [4.69, 9.17) is 4.43 Å². The Balaban J connectivity index is 3.00. The highest BCUT2D eigenvalue weighted by molar-refractivity contribution is 5.99. The second kappa shape index (κ2) is 6.54. The molecule has 0 N–H and O–H groups in total. The van der Waals surface area contributed by atoms with Gasteiger partial charge in [0.05, 0.1) is 5.76 Å². The molecule has 0 bridgehead atoms. The van der Waals surface area contributed by atoms with E-state index in [9.17, 15) is 0 Å². The molecule has 0 saturated carbocycles. The standard InChI is InChI=1S/C14H22OSi/c1-4-5-10-14(15-16)12(3)13-9-7-6-8-11(13)2/h6-9H,4-5,10H2,1-3,16H3. The summed E-state index contributed by atoms with van der Waals surface area (Å²) in [6, 6.07) is 8.51. The van der Waals surface area contributed by atoms with E-state index >= 15 is 0 Å². The number of hydrogen-bond donors (Lipinski definition) is 0. The van der Waals surface area contributed by atoms with E-state index in [2.05, 4.69) is 45.0 Å². The highest BCUT2D eigenvalue weighted by Gasteiger charge is 2.06. The van der Waals surface area contributed by atoms with Crippen molar-refractivity contribution >= 4 is 16.1 Å². The minimum absolute atomic E-state index is 0.778. The van der Waals surface area contributed by atoms with E-state index in [0.717, 1.165) is 16.9 Å². The predicted molar refractivity (Wildman–Crippen MR) is 74.3 cm³/mol. The highest BCUT2D eigenvalue weighted by Crippen LogP contribution is 2.24. The van der Waals surface area contributed by atoms with Crippen molar-refractivity contribution in [2.45, 2.75) is 40.0 Å². The van der Waals surface area contributed by atoms with E-state index in [0.29, 0.717) is 0 Å². The number of allylic oxidation sites excluding steroid dienone is 2. The molecule has 0 aromatic heterocycles. The van der Waals surface area contributed by atoms with Crippen molar-refractivity contribution in [2.75, 3.05) is 0 Å². The monoisotopic (exact) mass is 234 g/mol. The van der Waals surface area contributed by atoms with Crippen molar-refractivity contribution in [1.29, 1.82) is 0 Å². The first-order valence-electron chi connectivity index (χ1n) is 6.00. The van der Waals surface area contributed by atoms with Gasteiger partial charge in [-0.3, -0.25) is 0 Å². The first-order valence-corrected chi connectivity index (χ1v) is 6.82. The van der Waals surface area contributed by atoms with Crippen LogP contribution in [0.4, 0.5) is 0 Å². The molecule has 88 valence electrons. The molecule has 0 fully saturated rings. The predicted octanol–water partition coefficient (Wildman–Crippen LogP) is 3.21. The lowest BCUT2D eigenvalue weighted by atomic mass is 9.99. The summed E-state index contributed by atoms with van der Waals surface area (Å²) in [4.78, 5) is 0. The lowest BCUT2D eigenvalue weighted by Gasteiger charge is -2.13. The van der Waals surface area contributed by atoms with Crippen LogP contribution in [0.3, 0.4) is 0 Å². The van der Waals surface area contributed by atoms with Gasteiger partial charge in [-0.25, -0.2) is 0 Å². The molecule has 0 amide bonds. The Kier molecular flexibility index (Phi) is 5.33. The van der Waals surface area contributed by atoms with Gasteiger partial charge >= 0.3 is 0 Å². The summed E-state index contributed by atoms with van der Waals surface area (Å²) in [5.74, 6) is 1.18. The average Bonchev–Trinajstić information content (AvgIpc) is 2.30. The molecule has 1 rings (SSSR count). The SMILES string of the molecule is CCCCC(O[SiH3])=C(C)c1ccccc1C. The van der Waals surface area contributed by atoms with Crippen LogP contribution >= 0.6 is 0 Å². The lowest BCUT2D eigenvalue weighted by molar-refractivity contribution is 0.438. The van der Waals surface area contributed by atoms with Crippen molar-refractivity contribution in [3.8, 4) is 0 Å². The Hall–Kier alpha value is -1.02.